The van der Waals surface area contributed by atoms with Gasteiger partial charge in [-0.25, -0.2) is 0 Å². The Balaban J connectivity index is 1.64. The zero-order valence-corrected chi connectivity index (χ0v) is 14.7. The molecular formula is C17H24ClN3O2. The molecule has 2 aliphatic rings. The molecule has 6 heteroatoms. The second-order valence-electron chi connectivity index (χ2n) is 7.69. The van der Waals surface area contributed by atoms with Crippen molar-refractivity contribution in [2.75, 3.05) is 18.0 Å². The highest BCUT2D eigenvalue weighted by atomic mass is 35.5. The number of anilines is 1. The molecule has 0 aromatic carbocycles. The average Bonchev–Trinajstić information content (AvgIpc) is 2.68. The normalized spacial score (nSPS) is 27.1. The largest absolute Gasteiger partial charge is 0.460 e. The van der Waals surface area contributed by atoms with Crippen molar-refractivity contribution in [3.05, 3.63) is 17.4 Å². The van der Waals surface area contributed by atoms with Crippen LogP contribution in [0.5, 0.6) is 0 Å². The summed E-state index contributed by atoms with van der Waals surface area (Å²) in [5, 5.41) is 8.17. The number of piperidine rings is 1. The van der Waals surface area contributed by atoms with E-state index in [9.17, 15) is 4.79 Å². The van der Waals surface area contributed by atoms with Crippen molar-refractivity contribution in [3.63, 3.8) is 0 Å². The number of rotatable bonds is 3. The van der Waals surface area contributed by atoms with Crippen LogP contribution < -0.4 is 4.90 Å². The molecule has 3 rings (SSSR count). The molecule has 1 aliphatic heterocycles. The Kier molecular flexibility index (Phi) is 4.50. The van der Waals surface area contributed by atoms with Gasteiger partial charge in [0.25, 0.3) is 0 Å². The first kappa shape index (κ1) is 16.5. The maximum Gasteiger partial charge on any atom is 0.306 e. The van der Waals surface area contributed by atoms with E-state index in [-0.39, 0.29) is 5.97 Å². The lowest BCUT2D eigenvalue weighted by Gasteiger charge is -2.39. The first-order valence-corrected chi connectivity index (χ1v) is 8.64. The molecule has 1 saturated heterocycles. The lowest BCUT2D eigenvalue weighted by molar-refractivity contribution is -0.156. The van der Waals surface area contributed by atoms with Gasteiger partial charge in [-0.15, -0.1) is 5.10 Å². The van der Waals surface area contributed by atoms with Crippen LogP contribution in [-0.4, -0.2) is 34.9 Å². The van der Waals surface area contributed by atoms with Gasteiger partial charge in [0.2, 0.25) is 0 Å². The number of fused-ring (bicyclic) bond motifs is 2. The van der Waals surface area contributed by atoms with Crippen LogP contribution in [-0.2, 0) is 9.53 Å². The Morgan fingerprint density at radius 3 is 2.57 bits per heavy atom. The van der Waals surface area contributed by atoms with E-state index in [4.69, 9.17) is 16.3 Å². The fraction of sp³-hybridized carbons (Fsp3) is 0.706. The van der Waals surface area contributed by atoms with Crippen molar-refractivity contribution in [1.82, 2.24) is 10.2 Å². The Morgan fingerprint density at radius 1 is 1.35 bits per heavy atom. The molecule has 23 heavy (non-hydrogen) atoms. The summed E-state index contributed by atoms with van der Waals surface area (Å²) in [4.78, 5) is 14.5. The quantitative estimate of drug-likeness (QED) is 0.792. The molecule has 2 heterocycles. The SMILES string of the molecule is CC(C)(C)OC(=O)CC1[C@@H]2CC[C@H]1CN(c1cnnc(Cl)c1)C2. The van der Waals surface area contributed by atoms with Crippen molar-refractivity contribution in [2.45, 2.75) is 45.6 Å². The molecule has 1 saturated carbocycles. The maximum atomic E-state index is 12.2. The predicted molar refractivity (Wildman–Crippen MR) is 89.4 cm³/mol. The zero-order chi connectivity index (χ0) is 16.6. The number of hydrogen-bond donors (Lipinski definition) is 0. The Hall–Kier alpha value is -1.36. The average molecular weight is 338 g/mol. The summed E-state index contributed by atoms with van der Waals surface area (Å²) in [6.45, 7) is 7.66. The van der Waals surface area contributed by atoms with Crippen LogP contribution in [0.1, 0.15) is 40.0 Å². The number of halogens is 1. The van der Waals surface area contributed by atoms with Crippen LogP contribution >= 0.6 is 11.6 Å². The van der Waals surface area contributed by atoms with E-state index in [0.717, 1.165) is 18.8 Å². The summed E-state index contributed by atoms with van der Waals surface area (Å²) in [5.74, 6) is 1.44. The fourth-order valence-corrected chi connectivity index (χ4v) is 4.11. The molecule has 1 aliphatic carbocycles. The summed E-state index contributed by atoms with van der Waals surface area (Å²) in [7, 11) is 0. The highest BCUT2D eigenvalue weighted by Gasteiger charge is 2.43. The first-order valence-electron chi connectivity index (χ1n) is 8.27. The van der Waals surface area contributed by atoms with Gasteiger partial charge in [-0.2, -0.15) is 5.10 Å². The number of carbonyl (C=O) groups excluding carboxylic acids is 1. The maximum absolute atomic E-state index is 12.2. The minimum atomic E-state index is -0.406. The molecule has 126 valence electrons. The Labute approximate surface area is 142 Å². The monoisotopic (exact) mass is 337 g/mol. The molecule has 0 N–H and O–H groups in total. The number of carbonyl (C=O) groups is 1. The minimum Gasteiger partial charge on any atom is -0.460 e. The lowest BCUT2D eigenvalue weighted by atomic mass is 9.82. The number of aromatic nitrogens is 2. The third kappa shape index (κ3) is 3.94. The van der Waals surface area contributed by atoms with Gasteiger partial charge in [-0.3, -0.25) is 4.79 Å². The van der Waals surface area contributed by atoms with E-state index < -0.39 is 5.60 Å². The second kappa shape index (κ2) is 6.27. The van der Waals surface area contributed by atoms with Gasteiger partial charge in [0.05, 0.1) is 11.9 Å². The number of ether oxygens (including phenoxy) is 1. The van der Waals surface area contributed by atoms with Crippen molar-refractivity contribution < 1.29 is 9.53 Å². The van der Waals surface area contributed by atoms with E-state index >= 15 is 0 Å². The molecule has 0 radical (unpaired) electrons. The van der Waals surface area contributed by atoms with Gasteiger partial charge >= 0.3 is 5.97 Å². The molecule has 1 aromatic rings. The summed E-state index contributed by atoms with van der Waals surface area (Å²) in [6, 6.07) is 1.86. The van der Waals surface area contributed by atoms with Gasteiger partial charge in [0, 0.05) is 25.6 Å². The van der Waals surface area contributed by atoms with Crippen LogP contribution in [0.4, 0.5) is 5.69 Å². The molecule has 2 fully saturated rings. The molecule has 5 nitrogen and oxygen atoms in total. The summed E-state index contributed by atoms with van der Waals surface area (Å²) in [6.07, 6.45) is 4.66. The molecular weight excluding hydrogens is 314 g/mol. The third-order valence-corrected chi connectivity index (χ3v) is 5.01. The van der Waals surface area contributed by atoms with E-state index in [0.29, 0.717) is 29.3 Å². The van der Waals surface area contributed by atoms with Crippen LogP contribution in [0.15, 0.2) is 12.3 Å². The second-order valence-corrected chi connectivity index (χ2v) is 8.08. The van der Waals surface area contributed by atoms with E-state index in [1.807, 2.05) is 26.8 Å². The van der Waals surface area contributed by atoms with Gasteiger partial charge < -0.3 is 9.64 Å². The Morgan fingerprint density at radius 2 is 2.00 bits per heavy atom. The zero-order valence-electron chi connectivity index (χ0n) is 14.0. The molecule has 1 unspecified atom stereocenters. The van der Waals surface area contributed by atoms with E-state index in [2.05, 4.69) is 15.1 Å². The van der Waals surface area contributed by atoms with Gasteiger partial charge in [-0.05, 0) is 51.4 Å². The summed E-state index contributed by atoms with van der Waals surface area (Å²) >= 11 is 5.95. The molecule has 1 aromatic heterocycles. The van der Waals surface area contributed by atoms with Crippen LogP contribution in [0.2, 0.25) is 5.15 Å². The first-order chi connectivity index (χ1) is 10.8. The van der Waals surface area contributed by atoms with Crippen molar-refractivity contribution in [1.29, 1.82) is 0 Å². The highest BCUT2D eigenvalue weighted by Crippen LogP contribution is 2.45. The highest BCUT2D eigenvalue weighted by molar-refractivity contribution is 6.29. The lowest BCUT2D eigenvalue weighted by Crippen LogP contribution is -2.43. The third-order valence-electron chi connectivity index (χ3n) is 4.83. The number of nitrogens with zero attached hydrogens (tertiary/aromatic N) is 3. The molecule has 0 amide bonds. The van der Waals surface area contributed by atoms with E-state index in [1.54, 1.807) is 6.20 Å². The van der Waals surface area contributed by atoms with Crippen LogP contribution in [0.3, 0.4) is 0 Å². The molecule has 2 bridgehead atoms. The number of esters is 1. The van der Waals surface area contributed by atoms with Crippen molar-refractivity contribution in [3.8, 4) is 0 Å². The van der Waals surface area contributed by atoms with Crippen LogP contribution in [0, 0.1) is 17.8 Å². The van der Waals surface area contributed by atoms with E-state index in [1.165, 1.54) is 12.8 Å². The van der Waals surface area contributed by atoms with Crippen molar-refractivity contribution in [2.24, 2.45) is 17.8 Å². The van der Waals surface area contributed by atoms with Crippen LogP contribution in [0.25, 0.3) is 0 Å². The fourth-order valence-electron chi connectivity index (χ4n) is 3.96. The van der Waals surface area contributed by atoms with Gasteiger partial charge in [0.1, 0.15) is 5.60 Å². The van der Waals surface area contributed by atoms with Crippen molar-refractivity contribution >= 4 is 23.3 Å². The smallest absolute Gasteiger partial charge is 0.306 e. The van der Waals surface area contributed by atoms with Gasteiger partial charge in [0.15, 0.2) is 5.15 Å². The molecule has 0 spiro atoms. The Bertz CT molecular complexity index is 573. The topological polar surface area (TPSA) is 55.3 Å². The molecule has 3 atom stereocenters. The standard InChI is InChI=1S/C17H24ClN3O2/c1-17(2,3)23-16(22)7-14-11-4-5-12(14)10-21(9-11)13-6-15(18)20-19-8-13/h6,8,11-12,14H,4-5,7,9-10H2,1-3H3/t11-,12+,14?. The summed E-state index contributed by atoms with van der Waals surface area (Å²) in [5.41, 5.74) is 0.619. The predicted octanol–water partition coefficient (Wildman–Crippen LogP) is 3.32. The summed E-state index contributed by atoms with van der Waals surface area (Å²) < 4.78 is 5.50. The minimum absolute atomic E-state index is 0.0681. The number of hydrogen-bond acceptors (Lipinski definition) is 5. The van der Waals surface area contributed by atoms with Gasteiger partial charge in [-0.1, -0.05) is 11.6 Å².